The van der Waals surface area contributed by atoms with Gasteiger partial charge in [-0.25, -0.2) is 0 Å². The number of rotatable bonds is 8. The van der Waals surface area contributed by atoms with Crippen LogP contribution in [-0.2, 0) is 22.6 Å². The van der Waals surface area contributed by atoms with Crippen molar-refractivity contribution in [3.8, 4) is 0 Å². The second-order valence-electron chi connectivity index (χ2n) is 6.40. The van der Waals surface area contributed by atoms with Crippen molar-refractivity contribution in [2.75, 3.05) is 6.54 Å². The largest absolute Gasteiger partial charge is 0.355 e. The maximum Gasteiger partial charge on any atom is 0.242 e. The van der Waals surface area contributed by atoms with Crippen LogP contribution >= 0.6 is 34.8 Å². The number of carbonyl (C=O) groups is 2. The van der Waals surface area contributed by atoms with E-state index in [1.54, 1.807) is 41.3 Å². The van der Waals surface area contributed by atoms with Gasteiger partial charge in [0.2, 0.25) is 11.8 Å². The Hall–Kier alpha value is -1.75. The molecule has 4 nitrogen and oxygen atoms in total. The first-order valence-electron chi connectivity index (χ1n) is 9.11. The summed E-state index contributed by atoms with van der Waals surface area (Å²) < 4.78 is 0. The van der Waals surface area contributed by atoms with E-state index in [1.807, 2.05) is 19.9 Å². The first kappa shape index (κ1) is 22.5. The number of amides is 2. The Morgan fingerprint density at radius 2 is 1.75 bits per heavy atom. The molecule has 2 rings (SSSR count). The maximum absolute atomic E-state index is 13.1. The van der Waals surface area contributed by atoms with Crippen molar-refractivity contribution < 1.29 is 9.59 Å². The number of likely N-dealkylation sites (N-methyl/N-ethyl adjacent to an activating group) is 1. The lowest BCUT2D eigenvalue weighted by Crippen LogP contribution is -2.49. The van der Waals surface area contributed by atoms with Gasteiger partial charge in [-0.3, -0.25) is 9.59 Å². The summed E-state index contributed by atoms with van der Waals surface area (Å²) in [5, 5.41) is 4.23. The number of hydrogen-bond donors (Lipinski definition) is 1. The molecule has 0 bridgehead atoms. The fraction of sp³-hybridized carbons (Fsp3) is 0.333. The van der Waals surface area contributed by atoms with Gasteiger partial charge in [0.15, 0.2) is 0 Å². The van der Waals surface area contributed by atoms with Crippen LogP contribution in [-0.4, -0.2) is 29.3 Å². The zero-order chi connectivity index (χ0) is 20.7. The van der Waals surface area contributed by atoms with Gasteiger partial charge in [-0.15, -0.1) is 0 Å². The molecule has 0 spiro atoms. The van der Waals surface area contributed by atoms with Gasteiger partial charge < -0.3 is 10.2 Å². The Morgan fingerprint density at radius 1 is 1.00 bits per heavy atom. The molecule has 0 aliphatic heterocycles. The van der Waals surface area contributed by atoms with Gasteiger partial charge in [-0.1, -0.05) is 59.9 Å². The number of benzene rings is 2. The van der Waals surface area contributed by atoms with Gasteiger partial charge >= 0.3 is 0 Å². The molecule has 150 valence electrons. The summed E-state index contributed by atoms with van der Waals surface area (Å²) in [5.41, 5.74) is 1.60. The monoisotopic (exact) mass is 440 g/mol. The Balaban J connectivity index is 2.31. The van der Waals surface area contributed by atoms with Crippen LogP contribution in [0.3, 0.4) is 0 Å². The van der Waals surface area contributed by atoms with Gasteiger partial charge in [0, 0.05) is 18.1 Å². The molecular weight excluding hydrogens is 419 g/mol. The summed E-state index contributed by atoms with van der Waals surface area (Å²) >= 11 is 18.1. The molecule has 0 aliphatic rings. The van der Waals surface area contributed by atoms with Crippen LogP contribution in [0.25, 0.3) is 0 Å². The molecule has 0 aliphatic carbocycles. The van der Waals surface area contributed by atoms with E-state index in [0.29, 0.717) is 28.0 Å². The summed E-state index contributed by atoms with van der Waals surface area (Å²) in [4.78, 5) is 27.3. The molecule has 0 unspecified atom stereocenters. The highest BCUT2D eigenvalue weighted by Gasteiger charge is 2.28. The van der Waals surface area contributed by atoms with E-state index in [0.717, 1.165) is 11.1 Å². The van der Waals surface area contributed by atoms with Gasteiger partial charge in [-0.2, -0.15) is 0 Å². The van der Waals surface area contributed by atoms with E-state index in [4.69, 9.17) is 34.8 Å². The van der Waals surface area contributed by atoms with Crippen LogP contribution in [0.5, 0.6) is 0 Å². The van der Waals surface area contributed by atoms with Crippen LogP contribution in [0, 0.1) is 0 Å². The molecule has 28 heavy (non-hydrogen) atoms. The van der Waals surface area contributed by atoms with Crippen molar-refractivity contribution in [3.63, 3.8) is 0 Å². The standard InChI is InChI=1S/C21H23Cl3N2O2/c1-3-19(21(28)25-4-2)26(13-15-8-9-17(23)18(24)11-15)20(27)12-14-6-5-7-16(22)10-14/h5-11,19H,3-4,12-13H2,1-2H3,(H,25,28)/t19-/m0/s1. The number of carbonyl (C=O) groups excluding carboxylic acids is 2. The molecule has 2 aromatic rings. The molecule has 0 fully saturated rings. The molecule has 1 N–H and O–H groups in total. The van der Waals surface area contributed by atoms with Crippen LogP contribution in [0.15, 0.2) is 42.5 Å². The van der Waals surface area contributed by atoms with Crippen LogP contribution in [0.2, 0.25) is 15.1 Å². The maximum atomic E-state index is 13.1. The van der Waals surface area contributed by atoms with E-state index in [2.05, 4.69) is 5.32 Å². The molecule has 0 heterocycles. The zero-order valence-electron chi connectivity index (χ0n) is 15.8. The van der Waals surface area contributed by atoms with Crippen LogP contribution < -0.4 is 5.32 Å². The summed E-state index contributed by atoms with van der Waals surface area (Å²) in [5.74, 6) is -0.337. The molecular formula is C21H23Cl3N2O2. The molecule has 7 heteroatoms. The predicted octanol–water partition coefficient (Wildman–Crippen LogP) is 5.13. The van der Waals surface area contributed by atoms with Crippen molar-refractivity contribution in [1.82, 2.24) is 10.2 Å². The average Bonchev–Trinajstić information content (AvgIpc) is 2.64. The van der Waals surface area contributed by atoms with Gasteiger partial charge in [0.25, 0.3) is 0 Å². The Morgan fingerprint density at radius 3 is 2.36 bits per heavy atom. The topological polar surface area (TPSA) is 49.4 Å². The summed E-state index contributed by atoms with van der Waals surface area (Å²) in [6.07, 6.45) is 0.645. The van der Waals surface area contributed by atoms with E-state index in [1.165, 1.54) is 0 Å². The number of hydrogen-bond acceptors (Lipinski definition) is 2. The Kier molecular flexibility index (Phi) is 8.61. The summed E-state index contributed by atoms with van der Waals surface area (Å²) in [7, 11) is 0. The third kappa shape index (κ3) is 6.13. The van der Waals surface area contributed by atoms with Crippen LogP contribution in [0.1, 0.15) is 31.4 Å². The van der Waals surface area contributed by atoms with Crippen molar-refractivity contribution in [2.45, 2.75) is 39.3 Å². The first-order valence-corrected chi connectivity index (χ1v) is 10.2. The van der Waals surface area contributed by atoms with Gasteiger partial charge in [0.05, 0.1) is 16.5 Å². The lowest BCUT2D eigenvalue weighted by molar-refractivity contribution is -0.140. The third-order valence-electron chi connectivity index (χ3n) is 4.32. The van der Waals surface area contributed by atoms with E-state index < -0.39 is 6.04 Å². The smallest absolute Gasteiger partial charge is 0.242 e. The minimum atomic E-state index is -0.582. The second kappa shape index (κ2) is 10.7. The quantitative estimate of drug-likeness (QED) is 0.617. The highest BCUT2D eigenvalue weighted by molar-refractivity contribution is 6.42. The molecule has 1 atom stereocenters. The number of nitrogens with zero attached hydrogens (tertiary/aromatic N) is 1. The van der Waals surface area contributed by atoms with Crippen molar-refractivity contribution in [2.24, 2.45) is 0 Å². The molecule has 0 saturated carbocycles. The highest BCUT2D eigenvalue weighted by atomic mass is 35.5. The Labute approximate surface area is 180 Å². The van der Waals surface area contributed by atoms with E-state index in [9.17, 15) is 9.59 Å². The fourth-order valence-electron chi connectivity index (χ4n) is 2.97. The number of nitrogens with one attached hydrogen (secondary N) is 1. The molecule has 2 aromatic carbocycles. The second-order valence-corrected chi connectivity index (χ2v) is 7.65. The lowest BCUT2D eigenvalue weighted by atomic mass is 10.1. The number of halogens is 3. The van der Waals surface area contributed by atoms with Crippen molar-refractivity contribution in [3.05, 3.63) is 68.7 Å². The molecule has 2 amide bonds. The Bertz CT molecular complexity index is 842. The van der Waals surface area contributed by atoms with Gasteiger partial charge in [-0.05, 0) is 48.7 Å². The minimum absolute atomic E-state index is 0.151. The van der Waals surface area contributed by atoms with Crippen molar-refractivity contribution >= 4 is 46.6 Å². The zero-order valence-corrected chi connectivity index (χ0v) is 18.1. The molecule has 0 radical (unpaired) electrons. The lowest BCUT2D eigenvalue weighted by Gasteiger charge is -2.30. The fourth-order valence-corrected chi connectivity index (χ4v) is 3.50. The normalized spacial score (nSPS) is 11.8. The van der Waals surface area contributed by atoms with Crippen LogP contribution in [0.4, 0.5) is 0 Å². The SMILES string of the molecule is CCNC(=O)[C@H](CC)N(Cc1ccc(Cl)c(Cl)c1)C(=O)Cc1cccc(Cl)c1. The highest BCUT2D eigenvalue weighted by Crippen LogP contribution is 2.24. The summed E-state index contributed by atoms with van der Waals surface area (Å²) in [6.45, 7) is 4.49. The third-order valence-corrected chi connectivity index (χ3v) is 5.29. The average molecular weight is 442 g/mol. The first-order chi connectivity index (χ1) is 13.3. The molecule has 0 saturated heterocycles. The van der Waals surface area contributed by atoms with Crippen molar-refractivity contribution in [1.29, 1.82) is 0 Å². The van der Waals surface area contributed by atoms with E-state index in [-0.39, 0.29) is 24.8 Å². The van der Waals surface area contributed by atoms with E-state index >= 15 is 0 Å². The van der Waals surface area contributed by atoms with Gasteiger partial charge in [0.1, 0.15) is 6.04 Å². The summed E-state index contributed by atoms with van der Waals surface area (Å²) in [6, 6.07) is 11.8. The minimum Gasteiger partial charge on any atom is -0.355 e. The predicted molar refractivity (Wildman–Crippen MR) is 115 cm³/mol. The molecule has 0 aromatic heterocycles.